The lowest BCUT2D eigenvalue weighted by Gasteiger charge is -2.16. The van der Waals surface area contributed by atoms with Crippen LogP contribution in [0.15, 0.2) is 65.5 Å². The number of halogens is 1. The van der Waals surface area contributed by atoms with Gasteiger partial charge in [-0.1, -0.05) is 22.0 Å². The molecule has 1 unspecified atom stereocenters. The molecule has 0 radical (unpaired) electrons. The van der Waals surface area contributed by atoms with Gasteiger partial charge in [-0.3, -0.25) is 19.3 Å². The number of pyridine rings is 1. The zero-order valence-electron chi connectivity index (χ0n) is 15.7. The van der Waals surface area contributed by atoms with Gasteiger partial charge in [0.25, 0.3) is 0 Å². The van der Waals surface area contributed by atoms with Crippen LogP contribution in [-0.2, 0) is 22.6 Å². The minimum Gasteiger partial charge on any atom is -0.312 e. The predicted octanol–water partition coefficient (Wildman–Crippen LogP) is 3.27. The molecule has 8 heteroatoms. The average Bonchev–Trinajstić information content (AvgIpc) is 3.33. The van der Waals surface area contributed by atoms with Crippen molar-refractivity contribution in [2.24, 2.45) is 5.92 Å². The molecule has 2 amide bonds. The second-order valence-corrected chi connectivity index (χ2v) is 7.79. The Balaban J connectivity index is 1.35. The van der Waals surface area contributed by atoms with E-state index in [1.54, 1.807) is 28.0 Å². The van der Waals surface area contributed by atoms with Gasteiger partial charge in [0.1, 0.15) is 5.92 Å². The molecule has 3 heterocycles. The molecule has 4 rings (SSSR count). The first-order valence-corrected chi connectivity index (χ1v) is 10.2. The quantitative estimate of drug-likeness (QED) is 0.580. The van der Waals surface area contributed by atoms with E-state index in [4.69, 9.17) is 0 Å². The molecule has 0 bridgehead atoms. The zero-order valence-corrected chi connectivity index (χ0v) is 17.2. The molecular weight excluding hydrogens is 434 g/mol. The third-order valence-electron chi connectivity index (χ3n) is 4.91. The highest BCUT2D eigenvalue weighted by molar-refractivity contribution is 9.10. The van der Waals surface area contributed by atoms with E-state index >= 15 is 0 Å². The molecular formula is C21H20BrN5O2. The summed E-state index contributed by atoms with van der Waals surface area (Å²) in [6.07, 6.45) is 6.65. The summed E-state index contributed by atoms with van der Waals surface area (Å²) in [5, 5.41) is 7.17. The fourth-order valence-electron chi connectivity index (χ4n) is 3.38. The van der Waals surface area contributed by atoms with Crippen LogP contribution in [0.5, 0.6) is 0 Å². The van der Waals surface area contributed by atoms with Crippen molar-refractivity contribution in [3.63, 3.8) is 0 Å². The van der Waals surface area contributed by atoms with Gasteiger partial charge >= 0.3 is 0 Å². The predicted molar refractivity (Wildman–Crippen MR) is 113 cm³/mol. The van der Waals surface area contributed by atoms with Crippen LogP contribution in [0.1, 0.15) is 12.0 Å². The molecule has 1 N–H and O–H groups in total. The van der Waals surface area contributed by atoms with Gasteiger partial charge < -0.3 is 10.2 Å². The standard InChI is InChI=1S/C21H20BrN5O2/c22-16-2-1-3-17(14-16)27-13-7-18(21(27)29)20(28)24-19-8-12-26(25-19)11-6-15-4-9-23-10-5-15/h1-5,8-10,12,14,18H,6-7,11,13H2,(H,24,25,28). The van der Waals surface area contributed by atoms with Crippen LogP contribution in [0.2, 0.25) is 0 Å². The molecule has 148 valence electrons. The number of carbonyl (C=O) groups is 2. The Morgan fingerprint density at radius 3 is 2.83 bits per heavy atom. The second kappa shape index (κ2) is 8.57. The third-order valence-corrected chi connectivity index (χ3v) is 5.41. The van der Waals surface area contributed by atoms with E-state index in [0.29, 0.717) is 25.3 Å². The van der Waals surface area contributed by atoms with Gasteiger partial charge in [-0.25, -0.2) is 0 Å². The number of amides is 2. The topological polar surface area (TPSA) is 80.1 Å². The molecule has 1 atom stereocenters. The van der Waals surface area contributed by atoms with Crippen molar-refractivity contribution in [1.82, 2.24) is 14.8 Å². The lowest BCUT2D eigenvalue weighted by molar-refractivity contribution is -0.129. The van der Waals surface area contributed by atoms with E-state index in [1.807, 2.05) is 42.6 Å². The Morgan fingerprint density at radius 2 is 2.03 bits per heavy atom. The lowest BCUT2D eigenvalue weighted by Crippen LogP contribution is -2.33. The first kappa shape index (κ1) is 19.3. The Labute approximate surface area is 176 Å². The van der Waals surface area contributed by atoms with Crippen molar-refractivity contribution >= 4 is 39.2 Å². The summed E-state index contributed by atoms with van der Waals surface area (Å²) in [6, 6.07) is 13.2. The van der Waals surface area contributed by atoms with Gasteiger partial charge in [0, 0.05) is 47.9 Å². The SMILES string of the molecule is O=C(Nc1ccn(CCc2ccncc2)n1)C1CCN(c2cccc(Br)c2)C1=O. The molecule has 1 aromatic carbocycles. The summed E-state index contributed by atoms with van der Waals surface area (Å²) in [6.45, 7) is 1.21. The fourth-order valence-corrected chi connectivity index (χ4v) is 3.77. The first-order chi connectivity index (χ1) is 14.1. The fraction of sp³-hybridized carbons (Fsp3) is 0.238. The summed E-state index contributed by atoms with van der Waals surface area (Å²) >= 11 is 3.42. The molecule has 1 aliphatic rings. The molecule has 7 nitrogen and oxygen atoms in total. The first-order valence-electron chi connectivity index (χ1n) is 9.40. The smallest absolute Gasteiger partial charge is 0.239 e. The lowest BCUT2D eigenvalue weighted by atomic mass is 10.1. The summed E-state index contributed by atoms with van der Waals surface area (Å²) < 4.78 is 2.67. The maximum Gasteiger partial charge on any atom is 0.239 e. The van der Waals surface area contributed by atoms with Crippen LogP contribution in [0.25, 0.3) is 0 Å². The van der Waals surface area contributed by atoms with Crippen LogP contribution >= 0.6 is 15.9 Å². The minimum absolute atomic E-state index is 0.183. The number of rotatable bonds is 6. The normalized spacial score (nSPS) is 16.2. The highest BCUT2D eigenvalue weighted by Gasteiger charge is 2.37. The molecule has 0 aliphatic carbocycles. The highest BCUT2D eigenvalue weighted by atomic mass is 79.9. The van der Waals surface area contributed by atoms with Crippen LogP contribution in [0.3, 0.4) is 0 Å². The zero-order chi connectivity index (χ0) is 20.2. The van der Waals surface area contributed by atoms with E-state index < -0.39 is 5.92 Å². The van der Waals surface area contributed by atoms with E-state index in [1.165, 1.54) is 5.56 Å². The largest absolute Gasteiger partial charge is 0.312 e. The number of benzene rings is 1. The maximum atomic E-state index is 12.7. The van der Waals surface area contributed by atoms with E-state index in [9.17, 15) is 9.59 Å². The summed E-state index contributed by atoms with van der Waals surface area (Å²) in [7, 11) is 0. The van der Waals surface area contributed by atoms with Crippen LogP contribution in [-0.4, -0.2) is 33.1 Å². The number of carbonyl (C=O) groups excluding carboxylic acids is 2. The second-order valence-electron chi connectivity index (χ2n) is 6.87. The summed E-state index contributed by atoms with van der Waals surface area (Å²) in [5.74, 6) is -0.737. The molecule has 29 heavy (non-hydrogen) atoms. The van der Waals surface area contributed by atoms with Crippen LogP contribution < -0.4 is 10.2 Å². The van der Waals surface area contributed by atoms with Gasteiger partial charge in [0.15, 0.2) is 5.82 Å². The Bertz CT molecular complexity index is 1020. The monoisotopic (exact) mass is 453 g/mol. The number of nitrogens with one attached hydrogen (secondary N) is 1. The number of anilines is 2. The van der Waals surface area contributed by atoms with Crippen molar-refractivity contribution in [2.45, 2.75) is 19.4 Å². The number of hydrogen-bond donors (Lipinski definition) is 1. The maximum absolute atomic E-state index is 12.7. The molecule has 0 spiro atoms. The number of aryl methyl sites for hydroxylation is 2. The van der Waals surface area contributed by atoms with Crippen molar-refractivity contribution in [3.05, 3.63) is 71.1 Å². The third kappa shape index (κ3) is 4.54. The average molecular weight is 454 g/mol. The molecule has 1 saturated heterocycles. The van der Waals surface area contributed by atoms with Gasteiger partial charge in [-0.05, 0) is 48.7 Å². The van der Waals surface area contributed by atoms with E-state index in [2.05, 4.69) is 31.3 Å². The van der Waals surface area contributed by atoms with Gasteiger partial charge in [0.05, 0.1) is 0 Å². The van der Waals surface area contributed by atoms with Crippen molar-refractivity contribution < 1.29 is 9.59 Å². The highest BCUT2D eigenvalue weighted by Crippen LogP contribution is 2.28. The van der Waals surface area contributed by atoms with Crippen molar-refractivity contribution in [2.75, 3.05) is 16.8 Å². The van der Waals surface area contributed by atoms with Crippen LogP contribution in [0.4, 0.5) is 11.5 Å². The Kier molecular flexibility index (Phi) is 5.71. The molecule has 1 aliphatic heterocycles. The van der Waals surface area contributed by atoms with Gasteiger partial charge in [-0.2, -0.15) is 5.10 Å². The van der Waals surface area contributed by atoms with Crippen molar-refractivity contribution in [3.8, 4) is 0 Å². The van der Waals surface area contributed by atoms with E-state index in [0.717, 1.165) is 16.6 Å². The van der Waals surface area contributed by atoms with E-state index in [-0.39, 0.29) is 11.8 Å². The molecule has 2 aromatic heterocycles. The number of nitrogens with zero attached hydrogens (tertiary/aromatic N) is 4. The Hall–Kier alpha value is -3.00. The number of aromatic nitrogens is 3. The Morgan fingerprint density at radius 1 is 1.21 bits per heavy atom. The summed E-state index contributed by atoms with van der Waals surface area (Å²) in [5.41, 5.74) is 1.96. The molecule has 1 fully saturated rings. The van der Waals surface area contributed by atoms with Crippen molar-refractivity contribution in [1.29, 1.82) is 0 Å². The van der Waals surface area contributed by atoms with Crippen LogP contribution in [0, 0.1) is 5.92 Å². The molecule has 0 saturated carbocycles. The minimum atomic E-state index is -0.698. The molecule has 3 aromatic rings. The van der Waals surface area contributed by atoms with Gasteiger partial charge in [0.2, 0.25) is 11.8 Å². The van der Waals surface area contributed by atoms with Gasteiger partial charge in [-0.15, -0.1) is 0 Å². The number of hydrogen-bond acceptors (Lipinski definition) is 4. The summed E-state index contributed by atoms with van der Waals surface area (Å²) in [4.78, 5) is 31.0.